The van der Waals surface area contributed by atoms with Gasteiger partial charge in [-0.2, -0.15) is 0 Å². The molecular weight excluding hydrogens is 156 g/mol. The average Bonchev–Trinajstić information content (AvgIpc) is 2.49. The minimum atomic E-state index is -1.46. The number of nitrogens with one attached hydrogen (secondary N) is 1. The number of H-pyrrole nitrogens is 1. The molecule has 0 spiro atoms. The summed E-state index contributed by atoms with van der Waals surface area (Å²) in [7, 11) is 0. The number of fused-ring (bicyclic) bond motifs is 1. The third kappa shape index (κ3) is 0.975. The second-order valence-corrected chi connectivity index (χ2v) is 2.52. The summed E-state index contributed by atoms with van der Waals surface area (Å²) in [5, 5.41) is 17.9. The van der Waals surface area contributed by atoms with Crippen LogP contribution in [0.15, 0.2) is 24.5 Å². The van der Waals surface area contributed by atoms with Crippen molar-refractivity contribution in [1.82, 2.24) is 9.97 Å². The lowest BCUT2D eigenvalue weighted by Crippen LogP contribution is -1.95. The predicted molar refractivity (Wildman–Crippen MR) is 43.3 cm³/mol. The molecule has 3 N–H and O–H groups in total. The van der Waals surface area contributed by atoms with E-state index in [0.717, 1.165) is 5.52 Å². The van der Waals surface area contributed by atoms with Crippen LogP contribution in [-0.2, 0) is 0 Å². The van der Waals surface area contributed by atoms with Crippen LogP contribution in [-0.4, -0.2) is 20.2 Å². The molecule has 0 saturated carbocycles. The van der Waals surface area contributed by atoms with Crippen LogP contribution in [0.5, 0.6) is 0 Å². The van der Waals surface area contributed by atoms with E-state index >= 15 is 0 Å². The summed E-state index contributed by atoms with van der Waals surface area (Å²) in [5.74, 6) is 0. The Hall–Kier alpha value is -1.39. The summed E-state index contributed by atoms with van der Waals surface area (Å²) in [5.41, 5.74) is 1.84. The van der Waals surface area contributed by atoms with Gasteiger partial charge in [0.05, 0.1) is 17.4 Å². The quantitative estimate of drug-likeness (QED) is 0.539. The molecule has 1 aromatic carbocycles. The van der Waals surface area contributed by atoms with E-state index in [9.17, 15) is 0 Å². The van der Waals surface area contributed by atoms with E-state index in [1.165, 1.54) is 6.33 Å². The van der Waals surface area contributed by atoms with Crippen LogP contribution < -0.4 is 0 Å². The number of aliphatic hydroxyl groups is 2. The molecule has 0 aliphatic heterocycles. The molecule has 2 aromatic rings. The Morgan fingerprint density at radius 1 is 1.33 bits per heavy atom. The number of aromatic amines is 1. The van der Waals surface area contributed by atoms with Crippen LogP contribution in [0.1, 0.15) is 11.9 Å². The largest absolute Gasteiger partial charge is 0.364 e. The fourth-order valence-electron chi connectivity index (χ4n) is 1.20. The number of benzene rings is 1. The van der Waals surface area contributed by atoms with Gasteiger partial charge in [0.1, 0.15) is 0 Å². The van der Waals surface area contributed by atoms with Crippen molar-refractivity contribution in [2.24, 2.45) is 0 Å². The monoisotopic (exact) mass is 164 g/mol. The van der Waals surface area contributed by atoms with Crippen molar-refractivity contribution in [3.63, 3.8) is 0 Å². The molecule has 0 radical (unpaired) electrons. The molecule has 4 nitrogen and oxygen atoms in total. The van der Waals surface area contributed by atoms with Gasteiger partial charge < -0.3 is 15.2 Å². The number of hydrogen-bond donors (Lipinski definition) is 3. The standard InChI is InChI=1S/C8H8N2O2/c11-8(12)5-2-1-3-6-7(5)10-4-9-6/h1-4,8,11-12H,(H,9,10). The van der Waals surface area contributed by atoms with Crippen LogP contribution in [0, 0.1) is 0 Å². The molecule has 0 atom stereocenters. The van der Waals surface area contributed by atoms with Crippen molar-refractivity contribution >= 4 is 11.0 Å². The van der Waals surface area contributed by atoms with E-state index in [1.807, 2.05) is 6.07 Å². The zero-order valence-electron chi connectivity index (χ0n) is 6.23. The molecule has 62 valence electrons. The Kier molecular flexibility index (Phi) is 1.56. The highest BCUT2D eigenvalue weighted by Crippen LogP contribution is 2.19. The first kappa shape index (κ1) is 7.27. The van der Waals surface area contributed by atoms with E-state index in [4.69, 9.17) is 10.2 Å². The summed E-state index contributed by atoms with van der Waals surface area (Å²) in [4.78, 5) is 6.85. The van der Waals surface area contributed by atoms with Gasteiger partial charge in [-0.15, -0.1) is 0 Å². The van der Waals surface area contributed by atoms with Crippen molar-refractivity contribution in [1.29, 1.82) is 0 Å². The van der Waals surface area contributed by atoms with Crippen LogP contribution in [0.3, 0.4) is 0 Å². The van der Waals surface area contributed by atoms with E-state index < -0.39 is 6.29 Å². The van der Waals surface area contributed by atoms with Gasteiger partial charge >= 0.3 is 0 Å². The number of rotatable bonds is 1. The third-order valence-corrected chi connectivity index (χ3v) is 1.76. The van der Waals surface area contributed by atoms with Crippen LogP contribution in [0.4, 0.5) is 0 Å². The topological polar surface area (TPSA) is 69.1 Å². The molecule has 0 fully saturated rings. The van der Waals surface area contributed by atoms with E-state index in [0.29, 0.717) is 11.1 Å². The first-order valence-corrected chi connectivity index (χ1v) is 3.57. The van der Waals surface area contributed by atoms with Gasteiger partial charge in [-0.05, 0) is 6.07 Å². The average molecular weight is 164 g/mol. The number of para-hydroxylation sites is 1. The molecule has 0 bridgehead atoms. The Morgan fingerprint density at radius 2 is 2.17 bits per heavy atom. The lowest BCUT2D eigenvalue weighted by Gasteiger charge is -2.02. The third-order valence-electron chi connectivity index (χ3n) is 1.76. The highest BCUT2D eigenvalue weighted by atomic mass is 16.5. The van der Waals surface area contributed by atoms with Gasteiger partial charge in [-0.1, -0.05) is 12.1 Å². The maximum Gasteiger partial charge on any atom is 0.180 e. The van der Waals surface area contributed by atoms with Crippen molar-refractivity contribution in [2.45, 2.75) is 6.29 Å². The smallest absolute Gasteiger partial charge is 0.180 e. The fraction of sp³-hybridized carbons (Fsp3) is 0.125. The highest BCUT2D eigenvalue weighted by Gasteiger charge is 2.08. The molecule has 0 amide bonds. The predicted octanol–water partition coefficient (Wildman–Crippen LogP) is 0.546. The summed E-state index contributed by atoms with van der Waals surface area (Å²) in [6.45, 7) is 0. The Morgan fingerprint density at radius 3 is 2.92 bits per heavy atom. The number of aliphatic hydroxyl groups excluding tert-OH is 1. The first-order valence-electron chi connectivity index (χ1n) is 3.57. The maximum absolute atomic E-state index is 8.94. The van der Waals surface area contributed by atoms with Crippen molar-refractivity contribution in [2.75, 3.05) is 0 Å². The summed E-state index contributed by atoms with van der Waals surface area (Å²) in [6.07, 6.45) is 0.0632. The minimum Gasteiger partial charge on any atom is -0.364 e. The molecule has 12 heavy (non-hydrogen) atoms. The van der Waals surface area contributed by atoms with Gasteiger partial charge in [0, 0.05) is 5.56 Å². The van der Waals surface area contributed by atoms with Gasteiger partial charge in [-0.25, -0.2) is 4.98 Å². The first-order chi connectivity index (χ1) is 5.79. The van der Waals surface area contributed by atoms with Gasteiger partial charge in [0.15, 0.2) is 6.29 Å². The van der Waals surface area contributed by atoms with Crippen molar-refractivity contribution < 1.29 is 10.2 Å². The number of hydrogen-bond acceptors (Lipinski definition) is 3. The number of imidazole rings is 1. The van der Waals surface area contributed by atoms with Gasteiger partial charge in [-0.3, -0.25) is 0 Å². The molecule has 0 unspecified atom stereocenters. The van der Waals surface area contributed by atoms with E-state index in [-0.39, 0.29) is 0 Å². The highest BCUT2D eigenvalue weighted by molar-refractivity contribution is 5.78. The minimum absolute atomic E-state index is 0.425. The second kappa shape index (κ2) is 2.58. The van der Waals surface area contributed by atoms with Crippen LogP contribution >= 0.6 is 0 Å². The molecule has 0 aliphatic carbocycles. The number of nitrogens with zero attached hydrogens (tertiary/aromatic N) is 1. The van der Waals surface area contributed by atoms with Crippen molar-refractivity contribution in [3.05, 3.63) is 30.1 Å². The summed E-state index contributed by atoms with van der Waals surface area (Å²) < 4.78 is 0. The maximum atomic E-state index is 8.94. The molecule has 1 heterocycles. The van der Waals surface area contributed by atoms with E-state index in [1.54, 1.807) is 12.1 Å². The molecule has 2 rings (SSSR count). The Bertz CT molecular complexity index is 395. The Balaban J connectivity index is 2.73. The van der Waals surface area contributed by atoms with Crippen LogP contribution in [0.2, 0.25) is 0 Å². The van der Waals surface area contributed by atoms with Crippen molar-refractivity contribution in [3.8, 4) is 0 Å². The lowest BCUT2D eigenvalue weighted by atomic mass is 10.2. The normalized spacial score (nSPS) is 11.2. The van der Waals surface area contributed by atoms with Gasteiger partial charge in [0.2, 0.25) is 0 Å². The molecule has 4 heteroatoms. The zero-order chi connectivity index (χ0) is 8.55. The molecule has 0 aliphatic rings. The molecular formula is C8H8N2O2. The Labute approximate surface area is 68.5 Å². The zero-order valence-corrected chi connectivity index (χ0v) is 6.23. The fourth-order valence-corrected chi connectivity index (χ4v) is 1.20. The lowest BCUT2D eigenvalue weighted by molar-refractivity contribution is -0.0414. The second-order valence-electron chi connectivity index (χ2n) is 2.52. The number of aromatic nitrogens is 2. The van der Waals surface area contributed by atoms with E-state index in [2.05, 4.69) is 9.97 Å². The SMILES string of the molecule is OC(O)c1cccc2[nH]cnc12. The summed E-state index contributed by atoms with van der Waals surface area (Å²) >= 11 is 0. The van der Waals surface area contributed by atoms with Gasteiger partial charge in [0.25, 0.3) is 0 Å². The molecule has 1 aromatic heterocycles. The summed E-state index contributed by atoms with van der Waals surface area (Å²) in [6, 6.07) is 5.21. The molecule has 0 saturated heterocycles. The van der Waals surface area contributed by atoms with Crippen LogP contribution in [0.25, 0.3) is 11.0 Å².